The van der Waals surface area contributed by atoms with Crippen molar-refractivity contribution in [3.63, 3.8) is 0 Å². The number of carbonyl (C=O) groups excluding carboxylic acids is 2. The lowest BCUT2D eigenvalue weighted by Crippen LogP contribution is -2.51. The minimum atomic E-state index is -0.859. The Morgan fingerprint density at radius 1 is 0.778 bits per heavy atom. The highest BCUT2D eigenvalue weighted by Crippen LogP contribution is 2.29. The molecule has 4 aliphatic rings. The lowest BCUT2D eigenvalue weighted by atomic mass is 10.0. The first-order chi connectivity index (χ1) is 35.0. The molecule has 3 aromatic heterocycles. The molecule has 72 heavy (non-hydrogen) atoms. The van der Waals surface area contributed by atoms with Gasteiger partial charge in [-0.1, -0.05) is 35.6 Å². The average Bonchev–Trinajstić information content (AvgIpc) is 4.14. The zero-order valence-corrected chi connectivity index (χ0v) is 42.6. The third-order valence-electron chi connectivity index (χ3n) is 12.0. The Balaban J connectivity index is 0.000000201. The molecular formula is C48H64N16O6S2. The van der Waals surface area contributed by atoms with Crippen molar-refractivity contribution in [2.45, 2.75) is 63.5 Å². The molecule has 7 heterocycles. The van der Waals surface area contributed by atoms with Gasteiger partial charge < -0.3 is 61.0 Å². The van der Waals surface area contributed by atoms with Gasteiger partial charge in [-0.3, -0.25) is 14.6 Å². The molecule has 0 radical (unpaired) electrons. The third-order valence-corrected chi connectivity index (χ3v) is 13.3. The van der Waals surface area contributed by atoms with E-state index in [1.165, 1.54) is 11.3 Å². The van der Waals surface area contributed by atoms with Crippen molar-refractivity contribution in [3.8, 4) is 0 Å². The maximum Gasteiger partial charge on any atom is 0.281 e. The molecule has 0 saturated carbocycles. The zero-order chi connectivity index (χ0) is 50.8. The predicted molar refractivity (Wildman–Crippen MR) is 283 cm³/mol. The first kappa shape index (κ1) is 53.2. The highest BCUT2D eigenvalue weighted by molar-refractivity contribution is 8.26. The molecule has 384 valence electrons. The van der Waals surface area contributed by atoms with Crippen molar-refractivity contribution in [1.29, 1.82) is 0 Å². The van der Waals surface area contributed by atoms with Gasteiger partial charge >= 0.3 is 0 Å². The van der Waals surface area contributed by atoms with Crippen molar-refractivity contribution < 1.29 is 28.9 Å². The van der Waals surface area contributed by atoms with Gasteiger partial charge in [-0.15, -0.1) is 20.4 Å². The summed E-state index contributed by atoms with van der Waals surface area (Å²) in [5.74, 6) is 1.10. The Hall–Kier alpha value is -6.57. The van der Waals surface area contributed by atoms with Gasteiger partial charge in [0.05, 0.1) is 24.7 Å². The van der Waals surface area contributed by atoms with E-state index in [1.807, 2.05) is 67.6 Å². The highest BCUT2D eigenvalue weighted by atomic mass is 32.2. The molecule has 5 aromatic rings. The van der Waals surface area contributed by atoms with E-state index in [0.717, 1.165) is 105 Å². The van der Waals surface area contributed by atoms with Crippen LogP contribution in [0.4, 0.5) is 33.3 Å². The Morgan fingerprint density at radius 3 is 2.01 bits per heavy atom. The molecular weight excluding hydrogens is 961 g/mol. The van der Waals surface area contributed by atoms with Crippen LogP contribution in [0.25, 0.3) is 0 Å². The monoisotopic (exact) mass is 1020 g/mol. The number of aromatic nitrogens is 6. The van der Waals surface area contributed by atoms with E-state index in [0.29, 0.717) is 23.4 Å². The van der Waals surface area contributed by atoms with Gasteiger partial charge in [0.25, 0.3) is 5.91 Å². The number of ether oxygens (including phenoxy) is 3. The summed E-state index contributed by atoms with van der Waals surface area (Å²) in [6.07, 6.45) is 5.06. The van der Waals surface area contributed by atoms with Crippen LogP contribution < -0.4 is 41.7 Å². The number of nitrogens with two attached hydrogens (primary N) is 2. The van der Waals surface area contributed by atoms with E-state index in [9.17, 15) is 9.59 Å². The van der Waals surface area contributed by atoms with Gasteiger partial charge in [-0.25, -0.2) is 0 Å². The van der Waals surface area contributed by atoms with Crippen LogP contribution in [0.1, 0.15) is 43.9 Å². The van der Waals surface area contributed by atoms with Crippen LogP contribution in [0.2, 0.25) is 0 Å². The topological polar surface area (TPSA) is 273 Å². The molecule has 24 heteroatoms. The lowest BCUT2D eigenvalue weighted by Gasteiger charge is -2.40. The number of nitrogens with zero attached hydrogens (tertiary/aromatic N) is 12. The van der Waals surface area contributed by atoms with Crippen molar-refractivity contribution in [2.24, 2.45) is 21.5 Å². The third kappa shape index (κ3) is 15.2. The van der Waals surface area contributed by atoms with Crippen molar-refractivity contribution in [1.82, 2.24) is 30.6 Å². The molecule has 0 spiro atoms. The summed E-state index contributed by atoms with van der Waals surface area (Å²) in [6, 6.07) is 23.6. The van der Waals surface area contributed by atoms with E-state index in [2.05, 4.69) is 82.9 Å². The van der Waals surface area contributed by atoms with Crippen LogP contribution in [0.3, 0.4) is 0 Å². The molecule has 9 rings (SSSR count). The molecule has 22 nitrogen and oxygen atoms in total. The Kier molecular flexibility index (Phi) is 19.8. The van der Waals surface area contributed by atoms with Crippen LogP contribution in [-0.4, -0.2) is 162 Å². The quantitative estimate of drug-likeness (QED) is 0.0698. The normalized spacial score (nSPS) is 18.6. The smallest absolute Gasteiger partial charge is 0.281 e. The van der Waals surface area contributed by atoms with Crippen molar-refractivity contribution in [3.05, 3.63) is 96.3 Å². The Bertz CT molecular complexity index is 2550. The second kappa shape index (κ2) is 26.8. The zero-order valence-electron chi connectivity index (χ0n) is 41.0. The van der Waals surface area contributed by atoms with Gasteiger partial charge in [0.1, 0.15) is 0 Å². The summed E-state index contributed by atoms with van der Waals surface area (Å²) < 4.78 is 16.4. The highest BCUT2D eigenvalue weighted by Gasteiger charge is 2.30. The number of hydrogen-bond acceptors (Lipinski definition) is 20. The standard InChI is InChI=1S/C24H32N8O3S.C22H26N8O2S.C2H6O/c1-3-35-21(16-6-4-7-18(12-16)32-14-19(15-32)34-2)22(33)29-24(26)36-23(25)28-17-9-11-31(13-17)20-8-5-10-27-30-20;1-32-18-13-30(14-18)17-5-2-4-15(10-17)11-20(31)25-22-28-27-21(33-22)24-16-7-9-29(12-16)19-6-3-8-23-26-19;1-2-3/h4-8,10,12,17,19,21H,3,9,11,13-15H2,1-2H3,(H2,25,28)(H2,26,29,33);2-6,8,10,16,18H,7,9,11-14H2,1H3,(H,24,27)(H,25,28,31);3H,2H2,1H3. The molecule has 4 saturated heterocycles. The van der Waals surface area contributed by atoms with Crippen molar-refractivity contribution in [2.75, 3.05) is 110 Å². The van der Waals surface area contributed by atoms with Crippen LogP contribution >= 0.6 is 23.1 Å². The fourth-order valence-electron chi connectivity index (χ4n) is 8.25. The van der Waals surface area contributed by atoms with Crippen LogP contribution in [-0.2, 0) is 30.2 Å². The summed E-state index contributed by atoms with van der Waals surface area (Å²) in [4.78, 5) is 42.9. The van der Waals surface area contributed by atoms with Gasteiger partial charge in [0.15, 0.2) is 28.1 Å². The molecule has 4 aliphatic heterocycles. The first-order valence-electron chi connectivity index (χ1n) is 23.9. The number of benzene rings is 2. The number of anilines is 6. The Labute approximate surface area is 427 Å². The minimum absolute atomic E-state index is 0.00105. The number of aliphatic hydroxyl groups excluding tert-OH is 1. The van der Waals surface area contributed by atoms with E-state index < -0.39 is 12.0 Å². The number of aliphatic imine (C=N–C) groups is 2. The average molecular weight is 1030 g/mol. The van der Waals surface area contributed by atoms with Crippen LogP contribution in [0, 0.1) is 0 Å². The minimum Gasteiger partial charge on any atom is -0.397 e. The second-order valence-corrected chi connectivity index (χ2v) is 19.1. The number of thioether (sulfide) groups is 1. The van der Waals surface area contributed by atoms with Gasteiger partial charge in [-0.05, 0) is 98.1 Å². The van der Waals surface area contributed by atoms with Gasteiger partial charge in [0, 0.05) is 110 Å². The van der Waals surface area contributed by atoms with Gasteiger partial charge in [-0.2, -0.15) is 15.2 Å². The van der Waals surface area contributed by atoms with E-state index in [4.69, 9.17) is 30.8 Å². The fourth-order valence-corrected chi connectivity index (χ4v) is 9.53. The maximum atomic E-state index is 13.0. The SMILES string of the molecule is CCO.CCOC(C(=O)N=C(N)SC(N)=NC1CCN(c2cccnn2)C1)c1cccc(N2CC(OC)C2)c1.COC1CN(c2cccc(CC(=O)Nc3nnc(NC4CCN(c5cccnn5)C4)s3)c2)C1. The number of nitrogens with one attached hydrogen (secondary N) is 2. The molecule has 4 fully saturated rings. The summed E-state index contributed by atoms with van der Waals surface area (Å²) in [5.41, 5.74) is 16.0. The molecule has 0 bridgehead atoms. The summed E-state index contributed by atoms with van der Waals surface area (Å²) >= 11 is 2.32. The summed E-state index contributed by atoms with van der Waals surface area (Å²) in [6.45, 7) is 10.7. The number of hydrogen-bond donors (Lipinski definition) is 5. The molecule has 3 unspecified atom stereocenters. The summed E-state index contributed by atoms with van der Waals surface area (Å²) in [7, 11) is 3.45. The molecule has 2 amide bonds. The van der Waals surface area contributed by atoms with Gasteiger partial charge in [0.2, 0.25) is 16.2 Å². The van der Waals surface area contributed by atoms with E-state index in [1.54, 1.807) is 33.5 Å². The Morgan fingerprint density at radius 2 is 1.39 bits per heavy atom. The molecule has 2 aromatic carbocycles. The number of methoxy groups -OCH3 is 2. The number of carbonyl (C=O) groups is 2. The van der Waals surface area contributed by atoms with Crippen LogP contribution in [0.5, 0.6) is 0 Å². The van der Waals surface area contributed by atoms with E-state index in [-0.39, 0.29) is 53.6 Å². The number of amidine groups is 2. The largest absolute Gasteiger partial charge is 0.397 e. The van der Waals surface area contributed by atoms with Crippen molar-refractivity contribution >= 4 is 78.5 Å². The van der Waals surface area contributed by atoms with Crippen LogP contribution in [0.15, 0.2) is 95.2 Å². The number of amides is 2. The molecule has 3 atom stereocenters. The molecule has 7 N–H and O–H groups in total. The summed E-state index contributed by atoms with van der Waals surface area (Å²) in [5, 5.41) is 39.8. The predicted octanol–water partition coefficient (Wildman–Crippen LogP) is 3.59. The second-order valence-electron chi connectivity index (χ2n) is 17.1. The molecule has 0 aliphatic carbocycles. The lowest BCUT2D eigenvalue weighted by molar-refractivity contribution is -0.129. The number of aliphatic hydroxyl groups is 1. The maximum absolute atomic E-state index is 13.0. The number of rotatable bonds is 16. The first-order valence-corrected chi connectivity index (χ1v) is 25.5. The fraction of sp³-hybridized carbons (Fsp3) is 0.458. The van der Waals surface area contributed by atoms with E-state index >= 15 is 0 Å².